The van der Waals surface area contributed by atoms with Crippen molar-refractivity contribution in [3.05, 3.63) is 0 Å². The molecule has 2 atom stereocenters. The van der Waals surface area contributed by atoms with Crippen LogP contribution in [0.25, 0.3) is 0 Å². The molecule has 2 aliphatic rings. The number of hydrogen-bond donors (Lipinski definition) is 1. The van der Waals surface area contributed by atoms with Crippen molar-refractivity contribution in [3.63, 3.8) is 0 Å². The van der Waals surface area contributed by atoms with Crippen LogP contribution in [0.1, 0.15) is 44.9 Å². The minimum absolute atomic E-state index is 0.446. The van der Waals surface area contributed by atoms with Crippen molar-refractivity contribution >= 4 is 0 Å². The maximum Gasteiger partial charge on any atom is 0.0495 e. The first-order valence-electron chi connectivity index (χ1n) is 6.19. The molecular weight excluding hydrogens is 174 g/mol. The van der Waals surface area contributed by atoms with Gasteiger partial charge in [-0.25, -0.2) is 0 Å². The van der Waals surface area contributed by atoms with E-state index < -0.39 is 0 Å². The Morgan fingerprint density at radius 3 is 2.57 bits per heavy atom. The molecule has 1 saturated heterocycles. The molecule has 2 heteroatoms. The first-order chi connectivity index (χ1) is 6.86. The molecule has 0 amide bonds. The van der Waals surface area contributed by atoms with E-state index in [9.17, 15) is 0 Å². The van der Waals surface area contributed by atoms with Gasteiger partial charge in [0.25, 0.3) is 0 Å². The monoisotopic (exact) mass is 197 g/mol. The van der Waals surface area contributed by atoms with Crippen LogP contribution in [-0.4, -0.2) is 19.3 Å². The van der Waals surface area contributed by atoms with Gasteiger partial charge in [0.2, 0.25) is 0 Å². The van der Waals surface area contributed by atoms with E-state index in [1.54, 1.807) is 0 Å². The highest BCUT2D eigenvalue weighted by Crippen LogP contribution is 2.29. The fraction of sp³-hybridized carbons (Fsp3) is 1.00. The summed E-state index contributed by atoms with van der Waals surface area (Å²) in [5.74, 6) is 1.57. The number of rotatable bonds is 3. The van der Waals surface area contributed by atoms with Crippen molar-refractivity contribution in [2.75, 3.05) is 13.2 Å². The standard InChI is InChI=1S/C12H23NO/c13-12(8-10-6-7-14-9-10)11-4-2-1-3-5-11/h10-12H,1-9,13H2. The van der Waals surface area contributed by atoms with Crippen LogP contribution in [-0.2, 0) is 4.74 Å². The molecule has 0 radical (unpaired) electrons. The van der Waals surface area contributed by atoms with Gasteiger partial charge in [0.05, 0.1) is 0 Å². The van der Waals surface area contributed by atoms with Crippen LogP contribution >= 0.6 is 0 Å². The van der Waals surface area contributed by atoms with E-state index in [1.165, 1.54) is 44.9 Å². The number of nitrogens with two attached hydrogens (primary N) is 1. The Morgan fingerprint density at radius 1 is 1.14 bits per heavy atom. The third-order valence-corrected chi connectivity index (χ3v) is 3.88. The van der Waals surface area contributed by atoms with E-state index in [1.807, 2.05) is 0 Å². The second-order valence-electron chi connectivity index (χ2n) is 5.03. The van der Waals surface area contributed by atoms with Gasteiger partial charge in [-0.1, -0.05) is 19.3 Å². The molecule has 0 aromatic heterocycles. The summed E-state index contributed by atoms with van der Waals surface area (Å²) in [5, 5.41) is 0. The zero-order valence-corrected chi connectivity index (χ0v) is 9.08. The molecule has 0 aromatic rings. The molecule has 2 nitrogen and oxygen atoms in total. The van der Waals surface area contributed by atoms with Crippen LogP contribution in [0.4, 0.5) is 0 Å². The van der Waals surface area contributed by atoms with Gasteiger partial charge in [-0.15, -0.1) is 0 Å². The lowest BCUT2D eigenvalue weighted by atomic mass is 9.81. The smallest absolute Gasteiger partial charge is 0.0495 e. The summed E-state index contributed by atoms with van der Waals surface area (Å²) in [5.41, 5.74) is 6.27. The highest BCUT2D eigenvalue weighted by molar-refractivity contribution is 4.80. The molecule has 2 rings (SSSR count). The molecule has 0 spiro atoms. The third-order valence-electron chi connectivity index (χ3n) is 3.88. The highest BCUT2D eigenvalue weighted by Gasteiger charge is 2.25. The topological polar surface area (TPSA) is 35.2 Å². The maximum absolute atomic E-state index is 6.27. The summed E-state index contributed by atoms with van der Waals surface area (Å²) >= 11 is 0. The predicted molar refractivity (Wildman–Crippen MR) is 58.1 cm³/mol. The van der Waals surface area contributed by atoms with Gasteiger partial charge in [0.1, 0.15) is 0 Å². The fourth-order valence-electron chi connectivity index (χ4n) is 2.91. The van der Waals surface area contributed by atoms with Crippen LogP contribution in [0, 0.1) is 11.8 Å². The summed E-state index contributed by atoms with van der Waals surface area (Å²) in [6.07, 6.45) is 9.41. The molecule has 1 aliphatic heterocycles. The summed E-state index contributed by atoms with van der Waals surface area (Å²) in [6, 6.07) is 0.446. The van der Waals surface area contributed by atoms with Crippen LogP contribution in [0.2, 0.25) is 0 Å². The van der Waals surface area contributed by atoms with Gasteiger partial charge < -0.3 is 10.5 Å². The van der Waals surface area contributed by atoms with Crippen LogP contribution in [0.3, 0.4) is 0 Å². The lowest BCUT2D eigenvalue weighted by Gasteiger charge is -2.28. The van der Waals surface area contributed by atoms with E-state index in [-0.39, 0.29) is 0 Å². The molecule has 2 N–H and O–H groups in total. The van der Waals surface area contributed by atoms with E-state index in [2.05, 4.69) is 0 Å². The van der Waals surface area contributed by atoms with Crippen LogP contribution in [0.15, 0.2) is 0 Å². The molecule has 1 heterocycles. The quantitative estimate of drug-likeness (QED) is 0.753. The van der Waals surface area contributed by atoms with E-state index in [4.69, 9.17) is 10.5 Å². The predicted octanol–water partition coefficient (Wildman–Crippen LogP) is 2.32. The molecule has 2 fully saturated rings. The largest absolute Gasteiger partial charge is 0.381 e. The van der Waals surface area contributed by atoms with E-state index in [0.717, 1.165) is 25.0 Å². The lowest BCUT2D eigenvalue weighted by molar-refractivity contribution is 0.177. The highest BCUT2D eigenvalue weighted by atomic mass is 16.5. The molecule has 1 aliphatic carbocycles. The van der Waals surface area contributed by atoms with Gasteiger partial charge in [-0.3, -0.25) is 0 Å². The molecule has 2 unspecified atom stereocenters. The van der Waals surface area contributed by atoms with Crippen molar-refractivity contribution in [2.45, 2.75) is 51.0 Å². The number of ether oxygens (including phenoxy) is 1. The average Bonchev–Trinajstić information content (AvgIpc) is 2.72. The Balaban J connectivity index is 1.72. The summed E-state index contributed by atoms with van der Waals surface area (Å²) in [6.45, 7) is 1.92. The SMILES string of the molecule is NC(CC1CCOC1)C1CCCCC1. The van der Waals surface area contributed by atoms with Crippen molar-refractivity contribution < 1.29 is 4.74 Å². The van der Waals surface area contributed by atoms with Gasteiger partial charge in [-0.05, 0) is 37.5 Å². The van der Waals surface area contributed by atoms with E-state index in [0.29, 0.717) is 6.04 Å². The molecule has 0 bridgehead atoms. The first-order valence-corrected chi connectivity index (χ1v) is 6.19. The number of hydrogen-bond acceptors (Lipinski definition) is 2. The van der Waals surface area contributed by atoms with Crippen LogP contribution < -0.4 is 5.73 Å². The van der Waals surface area contributed by atoms with Crippen LogP contribution in [0.5, 0.6) is 0 Å². The van der Waals surface area contributed by atoms with Crippen molar-refractivity contribution in [2.24, 2.45) is 17.6 Å². The average molecular weight is 197 g/mol. The normalized spacial score (nSPS) is 31.9. The minimum Gasteiger partial charge on any atom is -0.381 e. The molecule has 14 heavy (non-hydrogen) atoms. The lowest BCUT2D eigenvalue weighted by Crippen LogP contribution is -2.33. The molecular formula is C12H23NO. The van der Waals surface area contributed by atoms with Crippen molar-refractivity contribution in [3.8, 4) is 0 Å². The molecule has 0 aromatic carbocycles. The van der Waals surface area contributed by atoms with Gasteiger partial charge in [0.15, 0.2) is 0 Å². The zero-order chi connectivity index (χ0) is 9.80. The Hall–Kier alpha value is -0.0800. The summed E-state index contributed by atoms with van der Waals surface area (Å²) in [4.78, 5) is 0. The Labute approximate surface area is 87.2 Å². The van der Waals surface area contributed by atoms with Crippen molar-refractivity contribution in [1.82, 2.24) is 0 Å². The molecule has 1 saturated carbocycles. The summed E-state index contributed by atoms with van der Waals surface area (Å²) in [7, 11) is 0. The molecule has 82 valence electrons. The zero-order valence-electron chi connectivity index (χ0n) is 9.08. The van der Waals surface area contributed by atoms with E-state index >= 15 is 0 Å². The summed E-state index contributed by atoms with van der Waals surface area (Å²) < 4.78 is 5.39. The maximum atomic E-state index is 6.27. The third kappa shape index (κ3) is 2.71. The minimum atomic E-state index is 0.446. The second-order valence-corrected chi connectivity index (χ2v) is 5.03. The fourth-order valence-corrected chi connectivity index (χ4v) is 2.91. The van der Waals surface area contributed by atoms with Crippen molar-refractivity contribution in [1.29, 1.82) is 0 Å². The van der Waals surface area contributed by atoms with Gasteiger partial charge in [0, 0.05) is 19.3 Å². The Morgan fingerprint density at radius 2 is 1.93 bits per heavy atom. The second kappa shape index (κ2) is 5.13. The van der Waals surface area contributed by atoms with Gasteiger partial charge >= 0.3 is 0 Å². The Bertz CT molecular complexity index is 160. The Kier molecular flexibility index (Phi) is 3.82. The van der Waals surface area contributed by atoms with Gasteiger partial charge in [-0.2, -0.15) is 0 Å². The first kappa shape index (κ1) is 10.4.